The topological polar surface area (TPSA) is 35.9 Å². The van der Waals surface area contributed by atoms with Gasteiger partial charge in [0.2, 0.25) is 0 Å². The molecule has 124 valence electrons. The maximum atomic E-state index is 10.0. The Morgan fingerprint density at radius 3 is 2.48 bits per heavy atom. The molecule has 0 aliphatic carbocycles. The average Bonchev–Trinajstić information content (AvgIpc) is 2.99. The van der Waals surface area contributed by atoms with Crippen molar-refractivity contribution in [2.24, 2.45) is 5.92 Å². The fourth-order valence-corrected chi connectivity index (χ4v) is 3.50. The number of aliphatic hydroxyl groups excluding tert-OH is 1. The van der Waals surface area contributed by atoms with Crippen molar-refractivity contribution in [2.45, 2.75) is 51.6 Å². The minimum atomic E-state index is -0.322. The van der Waals surface area contributed by atoms with Gasteiger partial charge in [-0.05, 0) is 64.2 Å². The number of ether oxygens (including phenoxy) is 1. The van der Waals surface area contributed by atoms with Gasteiger partial charge < -0.3 is 19.6 Å². The van der Waals surface area contributed by atoms with E-state index >= 15 is 0 Å². The second-order valence-electron chi connectivity index (χ2n) is 6.83. The van der Waals surface area contributed by atoms with Gasteiger partial charge in [-0.3, -0.25) is 0 Å². The van der Waals surface area contributed by atoms with Crippen molar-refractivity contribution in [3.05, 3.63) is 0 Å². The highest BCUT2D eigenvalue weighted by Gasteiger charge is 2.23. The van der Waals surface area contributed by atoms with Crippen molar-refractivity contribution in [2.75, 3.05) is 52.5 Å². The molecule has 0 aromatic heterocycles. The Morgan fingerprint density at radius 2 is 1.81 bits per heavy atom. The fraction of sp³-hybridized carbons (Fsp3) is 1.00. The lowest BCUT2D eigenvalue weighted by Gasteiger charge is -2.34. The zero-order chi connectivity index (χ0) is 14.9. The van der Waals surface area contributed by atoms with Crippen LogP contribution in [-0.2, 0) is 4.74 Å². The molecule has 4 heteroatoms. The Bertz CT molecular complexity index is 262. The van der Waals surface area contributed by atoms with Gasteiger partial charge in [-0.25, -0.2) is 0 Å². The van der Waals surface area contributed by atoms with Crippen LogP contribution in [0.4, 0.5) is 0 Å². The molecule has 0 bridgehead atoms. The van der Waals surface area contributed by atoms with E-state index in [1.165, 1.54) is 45.3 Å². The van der Waals surface area contributed by atoms with Crippen LogP contribution in [0.2, 0.25) is 0 Å². The molecular weight excluding hydrogens is 264 g/mol. The largest absolute Gasteiger partial charge is 0.389 e. The SMILES string of the molecule is CCCCOCC(O)CN1CCC(CN2CCCC2)CC1. The van der Waals surface area contributed by atoms with Crippen LogP contribution in [-0.4, -0.2) is 73.5 Å². The molecule has 0 aromatic rings. The van der Waals surface area contributed by atoms with E-state index in [1.54, 1.807) is 0 Å². The van der Waals surface area contributed by atoms with E-state index in [4.69, 9.17) is 4.74 Å². The van der Waals surface area contributed by atoms with Crippen LogP contribution in [0.15, 0.2) is 0 Å². The van der Waals surface area contributed by atoms with Crippen LogP contribution in [0, 0.1) is 5.92 Å². The number of hydrogen-bond acceptors (Lipinski definition) is 4. The molecule has 2 aliphatic heterocycles. The first kappa shape index (κ1) is 17.2. The van der Waals surface area contributed by atoms with Gasteiger partial charge in [0.05, 0.1) is 12.7 Å². The minimum Gasteiger partial charge on any atom is -0.389 e. The molecule has 2 rings (SSSR count). The lowest BCUT2D eigenvalue weighted by Crippen LogP contribution is -2.42. The Labute approximate surface area is 130 Å². The number of nitrogens with zero attached hydrogens (tertiary/aromatic N) is 2. The third kappa shape index (κ3) is 6.64. The smallest absolute Gasteiger partial charge is 0.0900 e. The van der Waals surface area contributed by atoms with Gasteiger partial charge in [0.25, 0.3) is 0 Å². The summed E-state index contributed by atoms with van der Waals surface area (Å²) >= 11 is 0. The van der Waals surface area contributed by atoms with Gasteiger partial charge in [0.1, 0.15) is 0 Å². The summed E-state index contributed by atoms with van der Waals surface area (Å²) in [4.78, 5) is 5.05. The highest BCUT2D eigenvalue weighted by Crippen LogP contribution is 2.20. The second kappa shape index (κ2) is 9.78. The summed E-state index contributed by atoms with van der Waals surface area (Å²) in [5.41, 5.74) is 0. The molecule has 1 atom stereocenters. The molecule has 2 fully saturated rings. The summed E-state index contributed by atoms with van der Waals surface area (Å²) in [7, 11) is 0. The van der Waals surface area contributed by atoms with Crippen molar-refractivity contribution in [1.82, 2.24) is 9.80 Å². The number of rotatable bonds is 9. The summed E-state index contributed by atoms with van der Waals surface area (Å²) in [6.07, 6.45) is 7.29. The van der Waals surface area contributed by atoms with Gasteiger partial charge in [0, 0.05) is 19.7 Å². The number of likely N-dealkylation sites (tertiary alicyclic amines) is 2. The normalized spacial score (nSPS) is 23.7. The van der Waals surface area contributed by atoms with Crippen LogP contribution < -0.4 is 0 Å². The summed E-state index contributed by atoms with van der Waals surface area (Å²) in [6.45, 7) is 10.4. The molecule has 2 aliphatic rings. The van der Waals surface area contributed by atoms with Crippen molar-refractivity contribution >= 4 is 0 Å². The standard InChI is InChI=1S/C17H34N2O2/c1-2-3-12-21-15-17(20)14-19-10-6-16(7-11-19)13-18-8-4-5-9-18/h16-17,20H,2-15H2,1H3. The van der Waals surface area contributed by atoms with Crippen molar-refractivity contribution in [1.29, 1.82) is 0 Å². The Kier molecular flexibility index (Phi) is 8.01. The van der Waals surface area contributed by atoms with Crippen LogP contribution in [0.1, 0.15) is 45.4 Å². The second-order valence-corrected chi connectivity index (χ2v) is 6.83. The summed E-state index contributed by atoms with van der Waals surface area (Å²) in [5, 5.41) is 10.0. The van der Waals surface area contributed by atoms with Gasteiger partial charge >= 0.3 is 0 Å². The fourth-order valence-electron chi connectivity index (χ4n) is 3.50. The third-order valence-corrected chi connectivity index (χ3v) is 4.84. The number of piperidine rings is 1. The molecule has 4 nitrogen and oxygen atoms in total. The summed E-state index contributed by atoms with van der Waals surface area (Å²) in [5.74, 6) is 0.872. The highest BCUT2D eigenvalue weighted by molar-refractivity contribution is 4.78. The number of unbranched alkanes of at least 4 members (excludes halogenated alkanes) is 1. The predicted molar refractivity (Wildman–Crippen MR) is 86.6 cm³/mol. The molecule has 1 N–H and O–H groups in total. The third-order valence-electron chi connectivity index (χ3n) is 4.84. The van der Waals surface area contributed by atoms with Crippen LogP contribution >= 0.6 is 0 Å². The van der Waals surface area contributed by atoms with E-state index in [2.05, 4.69) is 16.7 Å². The number of hydrogen-bond donors (Lipinski definition) is 1. The molecule has 21 heavy (non-hydrogen) atoms. The van der Waals surface area contributed by atoms with Gasteiger partial charge in [0.15, 0.2) is 0 Å². The Hall–Kier alpha value is -0.160. The van der Waals surface area contributed by atoms with E-state index in [0.29, 0.717) is 6.61 Å². The minimum absolute atomic E-state index is 0.322. The summed E-state index contributed by atoms with van der Waals surface area (Å²) in [6, 6.07) is 0. The quantitative estimate of drug-likeness (QED) is 0.660. The monoisotopic (exact) mass is 298 g/mol. The highest BCUT2D eigenvalue weighted by atomic mass is 16.5. The van der Waals surface area contributed by atoms with Gasteiger partial charge in [-0.15, -0.1) is 0 Å². The van der Waals surface area contributed by atoms with Crippen LogP contribution in [0.3, 0.4) is 0 Å². The van der Waals surface area contributed by atoms with E-state index in [1.807, 2.05) is 0 Å². The molecule has 0 amide bonds. The van der Waals surface area contributed by atoms with Gasteiger partial charge in [-0.1, -0.05) is 13.3 Å². The summed E-state index contributed by atoms with van der Waals surface area (Å²) < 4.78 is 5.50. The van der Waals surface area contributed by atoms with E-state index < -0.39 is 0 Å². The van der Waals surface area contributed by atoms with E-state index in [-0.39, 0.29) is 6.10 Å². The van der Waals surface area contributed by atoms with Crippen molar-refractivity contribution < 1.29 is 9.84 Å². The maximum Gasteiger partial charge on any atom is 0.0900 e. The van der Waals surface area contributed by atoms with Crippen molar-refractivity contribution in [3.63, 3.8) is 0 Å². The molecule has 1 unspecified atom stereocenters. The molecular formula is C17H34N2O2. The first-order valence-electron chi connectivity index (χ1n) is 8.98. The molecule has 0 spiro atoms. The Balaban J connectivity index is 1.53. The molecule has 0 saturated carbocycles. The predicted octanol–water partition coefficient (Wildman–Crippen LogP) is 1.97. The molecule has 0 radical (unpaired) electrons. The lowest BCUT2D eigenvalue weighted by atomic mass is 9.96. The molecule has 0 aromatic carbocycles. The number of β-amino-alcohol motifs (C(OH)–C–C–N with tert-alkyl or cyclic N) is 1. The van der Waals surface area contributed by atoms with Crippen LogP contribution in [0.25, 0.3) is 0 Å². The zero-order valence-electron chi connectivity index (χ0n) is 13.8. The van der Waals surface area contributed by atoms with Gasteiger partial charge in [-0.2, -0.15) is 0 Å². The molecule has 2 saturated heterocycles. The van der Waals surface area contributed by atoms with E-state index in [9.17, 15) is 5.11 Å². The first-order valence-corrected chi connectivity index (χ1v) is 8.98. The average molecular weight is 298 g/mol. The lowest BCUT2D eigenvalue weighted by molar-refractivity contribution is 0.00893. The van der Waals surface area contributed by atoms with Crippen LogP contribution in [0.5, 0.6) is 0 Å². The van der Waals surface area contributed by atoms with Crippen molar-refractivity contribution in [3.8, 4) is 0 Å². The first-order chi connectivity index (χ1) is 10.3. The number of aliphatic hydroxyl groups is 1. The molecule has 2 heterocycles. The van der Waals surface area contributed by atoms with E-state index in [0.717, 1.165) is 45.0 Å². The maximum absolute atomic E-state index is 10.0. The Morgan fingerprint density at radius 1 is 1.10 bits per heavy atom. The zero-order valence-corrected chi connectivity index (χ0v) is 13.8.